The molecular formula is C4H4FO2. The first kappa shape index (κ1) is 4.56. The lowest BCUT2D eigenvalue weighted by Gasteiger charge is -1.86. The molecule has 7 heavy (non-hydrogen) atoms. The van der Waals surface area contributed by atoms with E-state index < -0.39 is 11.6 Å². The van der Waals surface area contributed by atoms with Crippen LogP contribution in [0.25, 0.3) is 0 Å². The molecule has 1 radical (unpaired) electrons. The molecule has 0 aromatic rings. The fraction of sp³-hybridized carbons (Fsp3) is 0.750. The minimum Gasteiger partial charge on any atom is -0.244 e. The largest absolute Gasteiger partial charge is 0.392 e. The summed E-state index contributed by atoms with van der Waals surface area (Å²) in [5.74, 6) is -1.56. The van der Waals surface area contributed by atoms with Gasteiger partial charge in [-0.05, 0) is 12.8 Å². The molecule has 0 N–H and O–H groups in total. The summed E-state index contributed by atoms with van der Waals surface area (Å²) >= 11 is 0. The summed E-state index contributed by atoms with van der Waals surface area (Å²) in [5, 5.41) is 9.60. The van der Waals surface area contributed by atoms with Gasteiger partial charge in [-0.25, -0.2) is 14.3 Å². The zero-order valence-corrected chi connectivity index (χ0v) is 3.61. The lowest BCUT2D eigenvalue weighted by molar-refractivity contribution is -0.150. The van der Waals surface area contributed by atoms with Gasteiger partial charge in [-0.2, -0.15) is 0 Å². The number of rotatable bonds is 1. The molecule has 0 atom stereocenters. The van der Waals surface area contributed by atoms with E-state index in [9.17, 15) is 14.3 Å². The first-order valence-electron chi connectivity index (χ1n) is 2.05. The van der Waals surface area contributed by atoms with Gasteiger partial charge >= 0.3 is 5.97 Å². The van der Waals surface area contributed by atoms with Crippen LogP contribution in [0.1, 0.15) is 12.8 Å². The maximum atomic E-state index is 12.0. The summed E-state index contributed by atoms with van der Waals surface area (Å²) in [6, 6.07) is 0. The smallest absolute Gasteiger partial charge is 0.244 e. The predicted octanol–water partition coefficient (Wildman–Crippen LogP) is 0.446. The van der Waals surface area contributed by atoms with Crippen LogP contribution in [0.4, 0.5) is 4.39 Å². The number of carbonyl (C=O) groups is 1. The number of hydrogen-bond acceptors (Lipinski definition) is 1. The Bertz CT molecular complexity index is 106. The second-order valence-corrected chi connectivity index (χ2v) is 1.75. The molecule has 1 rings (SSSR count). The van der Waals surface area contributed by atoms with Crippen LogP contribution in [0, 0.1) is 0 Å². The van der Waals surface area contributed by atoms with Gasteiger partial charge in [0, 0.05) is 0 Å². The number of alkyl halides is 1. The molecule has 0 aliphatic heterocycles. The number of halogens is 1. The van der Waals surface area contributed by atoms with Crippen LogP contribution in [0.15, 0.2) is 0 Å². The van der Waals surface area contributed by atoms with Crippen molar-refractivity contribution in [3.63, 3.8) is 0 Å². The second kappa shape index (κ2) is 0.967. The van der Waals surface area contributed by atoms with Crippen molar-refractivity contribution in [1.29, 1.82) is 0 Å². The quantitative estimate of drug-likeness (QED) is 0.474. The summed E-state index contributed by atoms with van der Waals surface area (Å²) < 4.78 is 12.0. The predicted molar refractivity (Wildman–Crippen MR) is 18.8 cm³/mol. The molecule has 0 heterocycles. The lowest BCUT2D eigenvalue weighted by Crippen LogP contribution is -2.12. The average molecular weight is 103 g/mol. The highest BCUT2D eigenvalue weighted by Crippen LogP contribution is 2.39. The summed E-state index contributed by atoms with van der Waals surface area (Å²) in [5.41, 5.74) is -1.94. The Hall–Kier alpha value is -0.600. The Kier molecular flexibility index (Phi) is 0.629. The first-order valence-corrected chi connectivity index (χ1v) is 2.05. The maximum absolute atomic E-state index is 12.0. The van der Waals surface area contributed by atoms with Gasteiger partial charge in [0.05, 0.1) is 0 Å². The highest BCUT2D eigenvalue weighted by atomic mass is 19.1. The topological polar surface area (TPSA) is 37.0 Å². The Morgan fingerprint density at radius 1 is 1.57 bits per heavy atom. The second-order valence-electron chi connectivity index (χ2n) is 1.75. The highest BCUT2D eigenvalue weighted by Gasteiger charge is 2.52. The van der Waals surface area contributed by atoms with E-state index in [1.165, 1.54) is 0 Å². The fourth-order valence-electron chi connectivity index (χ4n) is 0.314. The van der Waals surface area contributed by atoms with Crippen molar-refractivity contribution in [3.8, 4) is 0 Å². The highest BCUT2D eigenvalue weighted by molar-refractivity contribution is 5.80. The standard InChI is InChI=1S/C4H4FO2/c5-4(1-2-4)3(6)7/h1-2H2. The van der Waals surface area contributed by atoms with E-state index in [1.807, 2.05) is 0 Å². The van der Waals surface area contributed by atoms with E-state index in [-0.39, 0.29) is 12.8 Å². The molecule has 1 fully saturated rings. The van der Waals surface area contributed by atoms with Crippen molar-refractivity contribution >= 4 is 5.97 Å². The van der Waals surface area contributed by atoms with Gasteiger partial charge in [-0.15, -0.1) is 0 Å². The van der Waals surface area contributed by atoms with E-state index >= 15 is 0 Å². The third-order valence-corrected chi connectivity index (χ3v) is 1.05. The van der Waals surface area contributed by atoms with Crippen molar-refractivity contribution < 1.29 is 14.3 Å². The molecule has 0 spiro atoms. The summed E-state index contributed by atoms with van der Waals surface area (Å²) in [6.45, 7) is 0. The zero-order valence-electron chi connectivity index (χ0n) is 3.61. The molecule has 0 unspecified atom stereocenters. The van der Waals surface area contributed by atoms with Crippen LogP contribution in [-0.4, -0.2) is 11.6 Å². The van der Waals surface area contributed by atoms with Gasteiger partial charge in [-0.1, -0.05) is 0 Å². The Labute approximate surface area is 39.9 Å². The number of carbonyl (C=O) groups excluding carboxylic acids is 1. The molecule has 2 nitrogen and oxygen atoms in total. The molecule has 0 aromatic heterocycles. The molecule has 0 saturated heterocycles. The van der Waals surface area contributed by atoms with Crippen molar-refractivity contribution in [2.24, 2.45) is 0 Å². The minimum absolute atomic E-state index is 0.134. The molecule has 3 heteroatoms. The van der Waals surface area contributed by atoms with Gasteiger partial charge in [-0.3, -0.25) is 0 Å². The molecule has 39 valence electrons. The van der Waals surface area contributed by atoms with E-state index in [4.69, 9.17) is 0 Å². The van der Waals surface area contributed by atoms with E-state index in [2.05, 4.69) is 0 Å². The SMILES string of the molecule is [O]C(=O)C1(F)CC1. The normalized spacial score (nSPS) is 24.1. The third-order valence-electron chi connectivity index (χ3n) is 1.05. The molecule has 1 saturated carbocycles. The Morgan fingerprint density at radius 3 is 2.00 bits per heavy atom. The lowest BCUT2D eigenvalue weighted by atomic mass is 10.4. The Morgan fingerprint density at radius 2 is 2.00 bits per heavy atom. The Balaban J connectivity index is 2.55. The van der Waals surface area contributed by atoms with Crippen LogP contribution in [0.5, 0.6) is 0 Å². The molecule has 0 aromatic carbocycles. The van der Waals surface area contributed by atoms with Crippen molar-refractivity contribution in [2.75, 3.05) is 0 Å². The van der Waals surface area contributed by atoms with Crippen LogP contribution in [-0.2, 0) is 9.90 Å². The van der Waals surface area contributed by atoms with Crippen molar-refractivity contribution in [2.45, 2.75) is 18.5 Å². The molecule has 0 bridgehead atoms. The summed E-state index contributed by atoms with van der Waals surface area (Å²) in [7, 11) is 0. The van der Waals surface area contributed by atoms with Crippen LogP contribution in [0.3, 0.4) is 0 Å². The van der Waals surface area contributed by atoms with Gasteiger partial charge < -0.3 is 0 Å². The van der Waals surface area contributed by atoms with E-state index in [0.717, 1.165) is 0 Å². The van der Waals surface area contributed by atoms with Crippen LogP contribution in [0.2, 0.25) is 0 Å². The molecule has 1 aliphatic rings. The van der Waals surface area contributed by atoms with E-state index in [0.29, 0.717) is 0 Å². The van der Waals surface area contributed by atoms with Crippen molar-refractivity contribution in [3.05, 3.63) is 0 Å². The van der Waals surface area contributed by atoms with Crippen LogP contribution < -0.4 is 0 Å². The summed E-state index contributed by atoms with van der Waals surface area (Å²) in [6.07, 6.45) is 0.269. The molecule has 0 amide bonds. The summed E-state index contributed by atoms with van der Waals surface area (Å²) in [4.78, 5) is 9.60. The molecule has 1 aliphatic carbocycles. The monoisotopic (exact) mass is 103 g/mol. The maximum Gasteiger partial charge on any atom is 0.392 e. The van der Waals surface area contributed by atoms with Crippen LogP contribution >= 0.6 is 0 Å². The minimum atomic E-state index is -1.94. The first-order chi connectivity index (χ1) is 3.15. The van der Waals surface area contributed by atoms with Gasteiger partial charge in [0.2, 0.25) is 5.67 Å². The van der Waals surface area contributed by atoms with Gasteiger partial charge in [0.1, 0.15) is 0 Å². The number of hydrogen-bond donors (Lipinski definition) is 0. The molecular weight excluding hydrogens is 99.0 g/mol. The third kappa shape index (κ3) is 0.577. The van der Waals surface area contributed by atoms with Gasteiger partial charge in [0.15, 0.2) is 0 Å². The van der Waals surface area contributed by atoms with Crippen molar-refractivity contribution in [1.82, 2.24) is 0 Å². The fourth-order valence-corrected chi connectivity index (χ4v) is 0.314. The average Bonchev–Trinajstić information content (AvgIpc) is 2.21. The zero-order chi connectivity index (χ0) is 5.49. The van der Waals surface area contributed by atoms with E-state index in [1.54, 1.807) is 0 Å². The van der Waals surface area contributed by atoms with Gasteiger partial charge in [0.25, 0.3) is 0 Å².